The second-order valence-electron chi connectivity index (χ2n) is 3.04. The molecule has 0 aliphatic carbocycles. The van der Waals surface area contributed by atoms with Gasteiger partial charge in [0.25, 0.3) is 0 Å². The van der Waals surface area contributed by atoms with Gasteiger partial charge in [-0.1, -0.05) is 6.08 Å². The van der Waals surface area contributed by atoms with E-state index in [0.717, 1.165) is 19.3 Å². The number of rotatable bonds is 7. The van der Waals surface area contributed by atoms with Crippen LogP contribution in [0.5, 0.6) is 0 Å². The Balaban J connectivity index is 3.47. The standard InChI is InChI=1S/C10H18N2O3/c1-2-6-11-9(14)10(15)12-7-4-3-5-8-13/h2,13H,1,3-8H2,(H,11,14)(H,12,15). The van der Waals surface area contributed by atoms with E-state index in [9.17, 15) is 9.59 Å². The molecule has 0 spiro atoms. The number of hydrogen-bond acceptors (Lipinski definition) is 3. The molecule has 0 aliphatic heterocycles. The average molecular weight is 214 g/mol. The lowest BCUT2D eigenvalue weighted by molar-refractivity contribution is -0.139. The van der Waals surface area contributed by atoms with Gasteiger partial charge in [0.2, 0.25) is 0 Å². The van der Waals surface area contributed by atoms with Gasteiger partial charge in [-0.25, -0.2) is 0 Å². The second-order valence-corrected chi connectivity index (χ2v) is 3.04. The van der Waals surface area contributed by atoms with Crippen LogP contribution in [0.25, 0.3) is 0 Å². The van der Waals surface area contributed by atoms with Gasteiger partial charge in [-0.05, 0) is 19.3 Å². The minimum atomic E-state index is -0.642. The Hall–Kier alpha value is -1.36. The van der Waals surface area contributed by atoms with Crippen molar-refractivity contribution in [2.45, 2.75) is 19.3 Å². The second kappa shape index (κ2) is 9.21. The molecule has 0 saturated carbocycles. The van der Waals surface area contributed by atoms with Crippen molar-refractivity contribution in [1.29, 1.82) is 0 Å². The van der Waals surface area contributed by atoms with Crippen LogP contribution in [0.4, 0.5) is 0 Å². The molecular formula is C10H18N2O3. The fourth-order valence-corrected chi connectivity index (χ4v) is 0.941. The molecule has 3 N–H and O–H groups in total. The van der Waals surface area contributed by atoms with Gasteiger partial charge in [-0.15, -0.1) is 6.58 Å². The predicted molar refractivity (Wildman–Crippen MR) is 57.2 cm³/mol. The number of aliphatic hydroxyl groups excluding tert-OH is 1. The molecule has 5 heteroatoms. The summed E-state index contributed by atoms with van der Waals surface area (Å²) in [6, 6.07) is 0. The molecule has 0 unspecified atom stereocenters. The van der Waals surface area contributed by atoms with Crippen LogP contribution in [0.2, 0.25) is 0 Å². The van der Waals surface area contributed by atoms with Crippen molar-refractivity contribution in [3.63, 3.8) is 0 Å². The highest BCUT2D eigenvalue weighted by Gasteiger charge is 2.10. The molecule has 0 aliphatic rings. The molecule has 0 aromatic heterocycles. The molecule has 0 rings (SSSR count). The van der Waals surface area contributed by atoms with Crippen LogP contribution < -0.4 is 10.6 Å². The fourth-order valence-electron chi connectivity index (χ4n) is 0.941. The van der Waals surface area contributed by atoms with Gasteiger partial charge in [0, 0.05) is 19.7 Å². The van der Waals surface area contributed by atoms with Crippen molar-refractivity contribution in [2.75, 3.05) is 19.7 Å². The Labute approximate surface area is 89.6 Å². The first-order chi connectivity index (χ1) is 7.22. The summed E-state index contributed by atoms with van der Waals surface area (Å²) in [4.78, 5) is 22.1. The summed E-state index contributed by atoms with van der Waals surface area (Å²) in [7, 11) is 0. The Morgan fingerprint density at radius 2 is 1.80 bits per heavy atom. The third-order valence-corrected chi connectivity index (χ3v) is 1.73. The van der Waals surface area contributed by atoms with Gasteiger partial charge >= 0.3 is 11.8 Å². The van der Waals surface area contributed by atoms with Crippen molar-refractivity contribution in [2.24, 2.45) is 0 Å². The molecule has 0 bridgehead atoms. The first-order valence-corrected chi connectivity index (χ1v) is 5.00. The molecule has 0 atom stereocenters. The van der Waals surface area contributed by atoms with E-state index >= 15 is 0 Å². The molecule has 0 heterocycles. The SMILES string of the molecule is C=CCNC(=O)C(=O)NCCCCCO. The number of aliphatic hydroxyl groups is 1. The molecule has 0 aromatic carbocycles. The highest BCUT2D eigenvalue weighted by atomic mass is 16.3. The van der Waals surface area contributed by atoms with Crippen LogP contribution in [-0.4, -0.2) is 36.6 Å². The summed E-state index contributed by atoms with van der Waals surface area (Å²) >= 11 is 0. The van der Waals surface area contributed by atoms with E-state index in [-0.39, 0.29) is 13.2 Å². The lowest BCUT2D eigenvalue weighted by Crippen LogP contribution is -2.40. The normalized spacial score (nSPS) is 9.40. The predicted octanol–water partition coefficient (Wildman–Crippen LogP) is -0.433. The third kappa shape index (κ3) is 7.69. The van der Waals surface area contributed by atoms with Gasteiger partial charge < -0.3 is 15.7 Å². The van der Waals surface area contributed by atoms with E-state index in [1.54, 1.807) is 0 Å². The maximum Gasteiger partial charge on any atom is 0.309 e. The maximum absolute atomic E-state index is 11.1. The van der Waals surface area contributed by atoms with Crippen molar-refractivity contribution in [1.82, 2.24) is 10.6 Å². The number of amides is 2. The molecule has 5 nitrogen and oxygen atoms in total. The minimum absolute atomic E-state index is 0.160. The van der Waals surface area contributed by atoms with Gasteiger partial charge in [0.15, 0.2) is 0 Å². The Bertz CT molecular complexity index is 217. The van der Waals surface area contributed by atoms with E-state index in [4.69, 9.17) is 5.11 Å². The first-order valence-electron chi connectivity index (χ1n) is 5.00. The smallest absolute Gasteiger partial charge is 0.309 e. The summed E-state index contributed by atoms with van der Waals surface area (Å²) < 4.78 is 0. The maximum atomic E-state index is 11.1. The number of carbonyl (C=O) groups is 2. The quantitative estimate of drug-likeness (QED) is 0.305. The van der Waals surface area contributed by atoms with Crippen LogP contribution >= 0.6 is 0 Å². The summed E-state index contributed by atoms with van der Waals surface area (Å²) in [6.45, 7) is 4.33. The summed E-state index contributed by atoms with van der Waals surface area (Å²) in [5.41, 5.74) is 0. The van der Waals surface area contributed by atoms with Gasteiger partial charge in [0.1, 0.15) is 0 Å². The van der Waals surface area contributed by atoms with Crippen molar-refractivity contribution >= 4 is 11.8 Å². The number of hydrogen-bond donors (Lipinski definition) is 3. The van der Waals surface area contributed by atoms with E-state index < -0.39 is 11.8 Å². The molecule has 0 aromatic rings. The van der Waals surface area contributed by atoms with Gasteiger partial charge in [-0.3, -0.25) is 9.59 Å². The van der Waals surface area contributed by atoms with Crippen LogP contribution in [-0.2, 0) is 9.59 Å². The average Bonchev–Trinajstić information content (AvgIpc) is 2.25. The zero-order chi connectivity index (χ0) is 11.5. The monoisotopic (exact) mass is 214 g/mol. The number of carbonyl (C=O) groups excluding carboxylic acids is 2. The summed E-state index contributed by atoms with van der Waals surface area (Å²) in [5.74, 6) is -1.27. The molecular weight excluding hydrogens is 196 g/mol. The largest absolute Gasteiger partial charge is 0.396 e. The van der Waals surface area contributed by atoms with Crippen LogP contribution in [0.3, 0.4) is 0 Å². The van der Waals surface area contributed by atoms with E-state index in [1.807, 2.05) is 0 Å². The highest BCUT2D eigenvalue weighted by Crippen LogP contribution is 1.91. The zero-order valence-corrected chi connectivity index (χ0v) is 8.79. The Kier molecular flexibility index (Phi) is 8.37. The lowest BCUT2D eigenvalue weighted by Gasteiger charge is -2.04. The Morgan fingerprint density at radius 3 is 2.40 bits per heavy atom. The van der Waals surface area contributed by atoms with E-state index in [1.165, 1.54) is 6.08 Å². The fraction of sp³-hybridized carbons (Fsp3) is 0.600. The highest BCUT2D eigenvalue weighted by molar-refractivity contribution is 6.35. The van der Waals surface area contributed by atoms with Crippen LogP contribution in [0, 0.1) is 0 Å². The van der Waals surface area contributed by atoms with E-state index in [0.29, 0.717) is 6.54 Å². The molecule has 0 fully saturated rings. The molecule has 0 saturated heterocycles. The van der Waals surface area contributed by atoms with Crippen molar-refractivity contribution < 1.29 is 14.7 Å². The van der Waals surface area contributed by atoms with Gasteiger partial charge in [0.05, 0.1) is 0 Å². The first kappa shape index (κ1) is 13.6. The number of unbranched alkanes of at least 4 members (excludes halogenated alkanes) is 2. The molecule has 15 heavy (non-hydrogen) atoms. The van der Waals surface area contributed by atoms with Crippen molar-refractivity contribution in [3.8, 4) is 0 Å². The lowest BCUT2D eigenvalue weighted by atomic mass is 10.2. The van der Waals surface area contributed by atoms with Crippen LogP contribution in [0.1, 0.15) is 19.3 Å². The zero-order valence-electron chi connectivity index (χ0n) is 8.79. The minimum Gasteiger partial charge on any atom is -0.396 e. The van der Waals surface area contributed by atoms with E-state index in [2.05, 4.69) is 17.2 Å². The summed E-state index contributed by atoms with van der Waals surface area (Å²) in [5, 5.41) is 13.4. The number of nitrogens with one attached hydrogen (secondary N) is 2. The third-order valence-electron chi connectivity index (χ3n) is 1.73. The topological polar surface area (TPSA) is 78.4 Å². The van der Waals surface area contributed by atoms with Crippen molar-refractivity contribution in [3.05, 3.63) is 12.7 Å². The molecule has 2 amide bonds. The van der Waals surface area contributed by atoms with Crippen LogP contribution in [0.15, 0.2) is 12.7 Å². The van der Waals surface area contributed by atoms with Gasteiger partial charge in [-0.2, -0.15) is 0 Å². The summed E-state index contributed by atoms with van der Waals surface area (Å²) in [6.07, 6.45) is 3.83. The molecule has 86 valence electrons. The Morgan fingerprint density at radius 1 is 1.13 bits per heavy atom. The molecule has 0 radical (unpaired) electrons.